The van der Waals surface area contributed by atoms with Gasteiger partial charge in [0.25, 0.3) is 5.56 Å². The standard InChI is InChI=1S/C18H21N3O2/c1-18(2,3)15(22)16-19-12-8-5-4-7-11(12)17(23)21(16)20-13-9-6-10-14(13)20/h4-9,13-15,22H,10H2,1-3H3/t13?,14?,15-,20?/m1/s1. The van der Waals surface area contributed by atoms with E-state index in [0.29, 0.717) is 22.8 Å². The van der Waals surface area contributed by atoms with E-state index >= 15 is 0 Å². The van der Waals surface area contributed by atoms with Gasteiger partial charge in [-0.2, -0.15) is 0 Å². The van der Waals surface area contributed by atoms with Gasteiger partial charge < -0.3 is 5.11 Å². The summed E-state index contributed by atoms with van der Waals surface area (Å²) >= 11 is 0. The molecule has 1 N–H and O–H groups in total. The number of fused-ring (bicyclic) bond motifs is 2. The minimum Gasteiger partial charge on any atom is -0.385 e. The first-order chi connectivity index (χ1) is 10.9. The van der Waals surface area contributed by atoms with Crippen LogP contribution in [0.5, 0.6) is 0 Å². The molecule has 3 atom stereocenters. The molecule has 2 aliphatic rings. The predicted molar refractivity (Wildman–Crippen MR) is 90.0 cm³/mol. The first kappa shape index (κ1) is 14.5. The first-order valence-electron chi connectivity index (χ1n) is 8.04. The third-order valence-electron chi connectivity index (χ3n) is 4.74. The highest BCUT2D eigenvalue weighted by atomic mass is 16.3. The number of hydrogen-bond acceptors (Lipinski definition) is 4. The van der Waals surface area contributed by atoms with Gasteiger partial charge in [0, 0.05) is 0 Å². The monoisotopic (exact) mass is 311 g/mol. The maximum Gasteiger partial charge on any atom is 0.280 e. The fourth-order valence-electron chi connectivity index (χ4n) is 3.32. The number of rotatable bonds is 2. The molecule has 4 rings (SSSR count). The molecule has 1 aromatic carbocycles. The van der Waals surface area contributed by atoms with E-state index in [2.05, 4.69) is 17.1 Å². The Kier molecular flexibility index (Phi) is 2.94. The zero-order valence-electron chi connectivity index (χ0n) is 13.6. The Balaban J connectivity index is 1.96. The van der Waals surface area contributed by atoms with Crippen LogP contribution in [-0.4, -0.2) is 26.9 Å². The van der Waals surface area contributed by atoms with E-state index < -0.39 is 11.5 Å². The fourth-order valence-corrected chi connectivity index (χ4v) is 3.32. The van der Waals surface area contributed by atoms with Crippen molar-refractivity contribution < 1.29 is 5.11 Å². The van der Waals surface area contributed by atoms with Gasteiger partial charge in [-0.05, 0) is 24.0 Å². The molecule has 23 heavy (non-hydrogen) atoms. The molecule has 5 nitrogen and oxygen atoms in total. The maximum absolute atomic E-state index is 13.0. The summed E-state index contributed by atoms with van der Waals surface area (Å²) in [5, 5.41) is 13.4. The molecule has 0 radical (unpaired) electrons. The summed E-state index contributed by atoms with van der Waals surface area (Å²) in [7, 11) is 0. The van der Waals surface area contributed by atoms with Crippen molar-refractivity contribution in [2.45, 2.75) is 45.4 Å². The van der Waals surface area contributed by atoms with Crippen LogP contribution in [0.3, 0.4) is 0 Å². The molecule has 1 saturated heterocycles. The van der Waals surface area contributed by atoms with E-state index in [-0.39, 0.29) is 11.6 Å². The van der Waals surface area contributed by atoms with Crippen molar-refractivity contribution in [2.24, 2.45) is 5.41 Å². The summed E-state index contributed by atoms with van der Waals surface area (Å²) in [6.07, 6.45) is 4.39. The minimum atomic E-state index is -0.815. The largest absolute Gasteiger partial charge is 0.385 e. The van der Waals surface area contributed by atoms with E-state index in [1.807, 2.05) is 44.0 Å². The normalized spacial score (nSPS) is 24.1. The Hall–Kier alpha value is -2.14. The molecule has 1 fully saturated rings. The summed E-state index contributed by atoms with van der Waals surface area (Å²) in [6, 6.07) is 7.90. The highest BCUT2D eigenvalue weighted by Gasteiger charge is 2.50. The number of nitrogens with zero attached hydrogens (tertiary/aromatic N) is 3. The lowest BCUT2D eigenvalue weighted by Gasteiger charge is -2.28. The first-order valence-corrected chi connectivity index (χ1v) is 8.04. The lowest BCUT2D eigenvalue weighted by molar-refractivity contribution is 0.0511. The zero-order valence-corrected chi connectivity index (χ0v) is 13.6. The van der Waals surface area contributed by atoms with Crippen LogP contribution < -0.4 is 10.6 Å². The molecular weight excluding hydrogens is 290 g/mol. The Labute approximate surface area is 134 Å². The molecule has 2 heterocycles. The number of para-hydroxylation sites is 1. The highest BCUT2D eigenvalue weighted by Crippen LogP contribution is 2.38. The van der Waals surface area contributed by atoms with Gasteiger partial charge >= 0.3 is 0 Å². The lowest BCUT2D eigenvalue weighted by Crippen LogP contribution is -2.38. The average Bonchev–Trinajstić information content (AvgIpc) is 2.96. The van der Waals surface area contributed by atoms with Crippen molar-refractivity contribution in [1.82, 2.24) is 9.66 Å². The smallest absolute Gasteiger partial charge is 0.280 e. The summed E-state index contributed by atoms with van der Waals surface area (Å²) in [4.78, 5) is 17.7. The van der Waals surface area contributed by atoms with Crippen LogP contribution in [0.15, 0.2) is 41.2 Å². The number of aliphatic hydroxyl groups excluding tert-OH is 1. The Bertz CT molecular complexity index is 863. The Morgan fingerprint density at radius 2 is 2.04 bits per heavy atom. The van der Waals surface area contributed by atoms with Crippen LogP contribution >= 0.6 is 0 Å². The molecule has 2 aromatic rings. The van der Waals surface area contributed by atoms with Crippen molar-refractivity contribution in [3.8, 4) is 0 Å². The molecule has 0 saturated carbocycles. The van der Waals surface area contributed by atoms with Crippen molar-refractivity contribution >= 4 is 10.9 Å². The molecule has 120 valence electrons. The maximum atomic E-state index is 13.0. The van der Waals surface area contributed by atoms with Gasteiger partial charge in [0.15, 0.2) is 5.82 Å². The molecule has 1 aliphatic heterocycles. The van der Waals surface area contributed by atoms with Gasteiger partial charge in [0.2, 0.25) is 0 Å². The van der Waals surface area contributed by atoms with E-state index in [9.17, 15) is 9.90 Å². The number of hydrogen-bond donors (Lipinski definition) is 1. The molecule has 1 aliphatic carbocycles. The van der Waals surface area contributed by atoms with Gasteiger partial charge in [0.05, 0.1) is 23.0 Å². The third kappa shape index (κ3) is 2.10. The number of aromatic nitrogens is 2. The molecular formula is C18H21N3O2. The summed E-state index contributed by atoms with van der Waals surface area (Å²) < 4.78 is 1.61. The lowest BCUT2D eigenvalue weighted by atomic mass is 9.88. The van der Waals surface area contributed by atoms with Crippen LogP contribution in [0, 0.1) is 5.41 Å². The van der Waals surface area contributed by atoms with Crippen molar-refractivity contribution in [3.63, 3.8) is 0 Å². The topological polar surface area (TPSA) is 58.1 Å². The Morgan fingerprint density at radius 1 is 1.30 bits per heavy atom. The van der Waals surface area contributed by atoms with Gasteiger partial charge in [-0.15, -0.1) is 0 Å². The molecule has 0 amide bonds. The van der Waals surface area contributed by atoms with Crippen LogP contribution in [0.4, 0.5) is 0 Å². The Morgan fingerprint density at radius 3 is 2.70 bits per heavy atom. The number of benzene rings is 1. The molecule has 5 heteroatoms. The molecule has 0 bridgehead atoms. The predicted octanol–water partition coefficient (Wildman–Crippen LogP) is 2.12. The second-order valence-electron chi connectivity index (χ2n) is 7.47. The van der Waals surface area contributed by atoms with Crippen LogP contribution in [0.1, 0.15) is 39.1 Å². The van der Waals surface area contributed by atoms with Crippen LogP contribution in [0.25, 0.3) is 10.9 Å². The van der Waals surface area contributed by atoms with Crippen molar-refractivity contribution in [3.05, 3.63) is 52.6 Å². The van der Waals surface area contributed by atoms with Gasteiger partial charge in [0.1, 0.15) is 6.10 Å². The summed E-state index contributed by atoms with van der Waals surface area (Å²) in [5.41, 5.74) is 0.135. The summed E-state index contributed by atoms with van der Waals surface area (Å²) in [5.74, 6) is 0.434. The van der Waals surface area contributed by atoms with Crippen molar-refractivity contribution in [1.29, 1.82) is 0 Å². The van der Waals surface area contributed by atoms with Gasteiger partial charge in [-0.3, -0.25) is 9.80 Å². The van der Waals surface area contributed by atoms with Crippen LogP contribution in [0.2, 0.25) is 0 Å². The van der Waals surface area contributed by atoms with E-state index in [0.717, 1.165) is 6.42 Å². The minimum absolute atomic E-state index is 0.100. The van der Waals surface area contributed by atoms with E-state index in [1.165, 1.54) is 0 Å². The third-order valence-corrected chi connectivity index (χ3v) is 4.74. The average molecular weight is 311 g/mol. The second-order valence-corrected chi connectivity index (χ2v) is 7.47. The quantitative estimate of drug-likeness (QED) is 0.682. The molecule has 2 unspecified atom stereocenters. The molecule has 1 aromatic heterocycles. The number of aliphatic hydroxyl groups is 1. The van der Waals surface area contributed by atoms with E-state index in [4.69, 9.17) is 0 Å². The SMILES string of the molecule is CC(C)(C)[C@H](O)c1nc2ccccc2c(=O)n1N1C2C=CCC21. The highest BCUT2D eigenvalue weighted by molar-refractivity contribution is 5.77. The second kappa shape index (κ2) is 4.68. The fraction of sp³-hybridized carbons (Fsp3) is 0.444. The summed E-state index contributed by atoms with van der Waals surface area (Å²) in [6.45, 7) is 5.85. The zero-order chi connectivity index (χ0) is 16.4. The van der Waals surface area contributed by atoms with E-state index in [1.54, 1.807) is 10.7 Å². The van der Waals surface area contributed by atoms with Gasteiger partial charge in [-0.1, -0.05) is 45.1 Å². The van der Waals surface area contributed by atoms with Crippen LogP contribution in [-0.2, 0) is 0 Å². The van der Waals surface area contributed by atoms with Crippen molar-refractivity contribution in [2.75, 3.05) is 5.01 Å². The molecule has 0 spiro atoms. The van der Waals surface area contributed by atoms with Gasteiger partial charge in [-0.25, -0.2) is 9.66 Å².